The summed E-state index contributed by atoms with van der Waals surface area (Å²) in [6.45, 7) is 1.80. The maximum atomic E-state index is 12.9. The molecule has 3 rings (SSSR count). The van der Waals surface area contributed by atoms with Gasteiger partial charge < -0.3 is 24.0 Å². The first-order valence-corrected chi connectivity index (χ1v) is 10.4. The smallest absolute Gasteiger partial charge is 0.434 e. The Balaban J connectivity index is 1.58. The van der Waals surface area contributed by atoms with Crippen LogP contribution in [0.1, 0.15) is 5.56 Å². The summed E-state index contributed by atoms with van der Waals surface area (Å²) in [5, 5.41) is 0. The van der Waals surface area contributed by atoms with Crippen molar-refractivity contribution in [1.82, 2.24) is 9.80 Å². The number of ether oxygens (including phenoxy) is 3. The average Bonchev–Trinajstić information content (AvgIpc) is 2.78. The van der Waals surface area contributed by atoms with E-state index in [9.17, 15) is 35.5 Å². The summed E-state index contributed by atoms with van der Waals surface area (Å²) < 4.78 is 103. The van der Waals surface area contributed by atoms with Crippen LogP contribution in [0.15, 0.2) is 18.2 Å². The lowest BCUT2D eigenvalue weighted by Gasteiger charge is -2.35. The Hall–Kier alpha value is -2.48. The molecule has 34 heavy (non-hydrogen) atoms. The van der Waals surface area contributed by atoms with Crippen LogP contribution >= 0.6 is 0 Å². The number of rotatable bonds is 6. The molecule has 0 saturated carbocycles. The molecule has 0 aliphatic carbocycles. The third-order valence-corrected chi connectivity index (χ3v) is 5.47. The van der Waals surface area contributed by atoms with Crippen molar-refractivity contribution in [3.63, 3.8) is 0 Å². The molecule has 2 aliphatic rings. The molecule has 1 aromatic rings. The molecule has 2 saturated heterocycles. The molecule has 14 heteroatoms. The highest BCUT2D eigenvalue weighted by atomic mass is 19.4. The van der Waals surface area contributed by atoms with Crippen LogP contribution in [-0.4, -0.2) is 93.7 Å². The van der Waals surface area contributed by atoms with Gasteiger partial charge in [0.15, 0.2) is 0 Å². The van der Waals surface area contributed by atoms with Crippen molar-refractivity contribution in [3.05, 3.63) is 23.8 Å². The molecule has 1 amide bonds. The predicted molar refractivity (Wildman–Crippen MR) is 105 cm³/mol. The SMILES string of the molecule is O=C(OC(C(F)(F)F)C(F)(F)F)N1CCN(Cc2ccc(N3CCOCC3)cc2OCF)CC1. The summed E-state index contributed by atoms with van der Waals surface area (Å²) in [5.41, 5.74) is 1.49. The molecular formula is C20H24F7N3O4. The molecule has 0 unspecified atom stereocenters. The van der Waals surface area contributed by atoms with Gasteiger partial charge in [-0.2, -0.15) is 26.3 Å². The van der Waals surface area contributed by atoms with E-state index in [0.717, 1.165) is 10.6 Å². The second-order valence-corrected chi connectivity index (χ2v) is 7.76. The van der Waals surface area contributed by atoms with Crippen LogP contribution in [0.25, 0.3) is 0 Å². The van der Waals surface area contributed by atoms with Crippen molar-refractivity contribution in [2.75, 3.05) is 64.2 Å². The van der Waals surface area contributed by atoms with E-state index < -0.39 is 31.4 Å². The second kappa shape index (κ2) is 10.8. The zero-order valence-corrected chi connectivity index (χ0v) is 18.0. The van der Waals surface area contributed by atoms with Gasteiger partial charge in [0.1, 0.15) is 5.75 Å². The van der Waals surface area contributed by atoms with E-state index in [1.165, 1.54) is 0 Å². The van der Waals surface area contributed by atoms with Gasteiger partial charge in [-0.3, -0.25) is 4.90 Å². The summed E-state index contributed by atoms with van der Waals surface area (Å²) >= 11 is 0. The van der Waals surface area contributed by atoms with E-state index >= 15 is 0 Å². The minimum absolute atomic E-state index is 0.133. The lowest BCUT2D eigenvalue weighted by atomic mass is 10.1. The van der Waals surface area contributed by atoms with Gasteiger partial charge in [0.05, 0.1) is 13.2 Å². The van der Waals surface area contributed by atoms with Gasteiger partial charge in [-0.25, -0.2) is 9.18 Å². The maximum Gasteiger partial charge on any atom is 0.434 e. The van der Waals surface area contributed by atoms with E-state index in [1.54, 1.807) is 12.1 Å². The number of hydrogen-bond donors (Lipinski definition) is 0. The van der Waals surface area contributed by atoms with Crippen LogP contribution in [0.3, 0.4) is 0 Å². The molecule has 0 aromatic heterocycles. The lowest BCUT2D eigenvalue weighted by Crippen LogP contribution is -2.52. The van der Waals surface area contributed by atoms with Crippen molar-refractivity contribution in [2.24, 2.45) is 0 Å². The van der Waals surface area contributed by atoms with Gasteiger partial charge in [0.2, 0.25) is 6.86 Å². The van der Waals surface area contributed by atoms with Crippen LogP contribution in [0.5, 0.6) is 5.75 Å². The van der Waals surface area contributed by atoms with Crippen molar-refractivity contribution in [3.8, 4) is 5.75 Å². The first-order chi connectivity index (χ1) is 16.0. The monoisotopic (exact) mass is 503 g/mol. The molecule has 0 bridgehead atoms. The number of benzene rings is 1. The standard InChI is InChI=1S/C20H24F7N3O4/c21-13-33-16-11-15(29-7-9-32-10-8-29)2-1-14(16)12-28-3-5-30(6-4-28)18(31)34-17(19(22,23)24)20(25,26)27/h1-2,11,17H,3-10,12-13H2. The highest BCUT2D eigenvalue weighted by Crippen LogP contribution is 2.36. The van der Waals surface area contributed by atoms with Gasteiger partial charge in [-0.1, -0.05) is 6.07 Å². The number of piperazine rings is 1. The topological polar surface area (TPSA) is 54.5 Å². The third kappa shape index (κ3) is 6.78. The van der Waals surface area contributed by atoms with Crippen molar-refractivity contribution in [1.29, 1.82) is 0 Å². The second-order valence-electron chi connectivity index (χ2n) is 7.76. The summed E-state index contributed by atoms with van der Waals surface area (Å²) in [6, 6.07) is 5.34. The van der Waals surface area contributed by atoms with E-state index in [1.807, 2.05) is 11.0 Å². The van der Waals surface area contributed by atoms with Crippen molar-refractivity contribution >= 4 is 11.8 Å². The van der Waals surface area contributed by atoms with E-state index in [0.29, 0.717) is 37.6 Å². The fourth-order valence-electron chi connectivity index (χ4n) is 3.71. The van der Waals surface area contributed by atoms with E-state index in [4.69, 9.17) is 9.47 Å². The lowest BCUT2D eigenvalue weighted by molar-refractivity contribution is -0.308. The number of halogens is 7. The quantitative estimate of drug-likeness (QED) is 0.554. The summed E-state index contributed by atoms with van der Waals surface area (Å²) in [4.78, 5) is 16.6. The molecule has 0 atom stereocenters. The first kappa shape index (κ1) is 26.1. The molecule has 2 fully saturated rings. The normalized spacial score (nSPS) is 18.4. The maximum absolute atomic E-state index is 12.9. The Morgan fingerprint density at radius 3 is 2.15 bits per heavy atom. The Labute approximate surface area is 190 Å². The van der Waals surface area contributed by atoms with Crippen LogP contribution in [0, 0.1) is 0 Å². The Morgan fingerprint density at radius 1 is 0.971 bits per heavy atom. The van der Waals surface area contributed by atoms with Gasteiger partial charge in [-0.15, -0.1) is 0 Å². The van der Waals surface area contributed by atoms with Crippen molar-refractivity contribution in [2.45, 2.75) is 25.0 Å². The Bertz CT molecular complexity index is 809. The van der Waals surface area contributed by atoms with Crippen LogP contribution < -0.4 is 9.64 Å². The van der Waals surface area contributed by atoms with Crippen LogP contribution in [0.2, 0.25) is 0 Å². The van der Waals surface area contributed by atoms with E-state index in [2.05, 4.69) is 9.64 Å². The number of carbonyl (C=O) groups is 1. The molecule has 7 nitrogen and oxygen atoms in total. The average molecular weight is 503 g/mol. The number of amides is 1. The number of carbonyl (C=O) groups excluding carboxylic acids is 1. The molecule has 2 heterocycles. The molecule has 0 N–H and O–H groups in total. The summed E-state index contributed by atoms with van der Waals surface area (Å²) in [6.07, 6.45) is -17.4. The molecule has 0 spiro atoms. The zero-order chi connectivity index (χ0) is 24.9. The first-order valence-electron chi connectivity index (χ1n) is 10.4. The highest BCUT2D eigenvalue weighted by Gasteiger charge is 2.60. The summed E-state index contributed by atoms with van der Waals surface area (Å²) in [7, 11) is 0. The van der Waals surface area contributed by atoms with Crippen molar-refractivity contribution < 1.29 is 49.7 Å². The Morgan fingerprint density at radius 2 is 1.59 bits per heavy atom. The Kier molecular flexibility index (Phi) is 8.34. The molecular weight excluding hydrogens is 479 g/mol. The fraction of sp³-hybridized carbons (Fsp3) is 0.650. The van der Waals surface area contributed by atoms with Gasteiger partial charge in [0, 0.05) is 63.1 Å². The molecule has 2 aliphatic heterocycles. The third-order valence-electron chi connectivity index (χ3n) is 5.47. The fourth-order valence-corrected chi connectivity index (χ4v) is 3.71. The van der Waals surface area contributed by atoms with Gasteiger partial charge >= 0.3 is 18.4 Å². The number of nitrogens with zero attached hydrogens (tertiary/aromatic N) is 3. The highest BCUT2D eigenvalue weighted by molar-refractivity contribution is 5.68. The minimum Gasteiger partial charge on any atom is -0.463 e. The number of anilines is 1. The zero-order valence-electron chi connectivity index (χ0n) is 18.0. The number of hydrogen-bond acceptors (Lipinski definition) is 6. The predicted octanol–water partition coefficient (Wildman–Crippen LogP) is 3.58. The molecule has 0 radical (unpaired) electrons. The van der Waals surface area contributed by atoms with Crippen LogP contribution in [0.4, 0.5) is 41.2 Å². The summed E-state index contributed by atoms with van der Waals surface area (Å²) in [5.74, 6) is 0.325. The number of alkyl halides is 7. The minimum atomic E-state index is -5.77. The molecule has 192 valence electrons. The van der Waals surface area contributed by atoms with Gasteiger partial charge in [0.25, 0.3) is 6.10 Å². The molecule has 1 aromatic carbocycles. The van der Waals surface area contributed by atoms with Gasteiger partial charge in [-0.05, 0) is 6.07 Å². The largest absolute Gasteiger partial charge is 0.463 e. The van der Waals surface area contributed by atoms with Crippen LogP contribution in [-0.2, 0) is 16.0 Å². The van der Waals surface area contributed by atoms with E-state index in [-0.39, 0.29) is 32.7 Å². The number of morpholine rings is 1.